The standard InChI is InChI=1S/C34H34ClF3N6O5/c1-48-32-18(15-44-16-19(45)17-44)9-11-26(42-32)24-8-4-7-23(29(24)35)20-5-3-6-22-21(20)10-12-25(22)41-31-30(34(36,37)38)40-27(33(43-31)49-2)13-39-14-28(46)47/h3-9,11,19,25,39,45H,10,12-17H2,1-2H3,(H,41,43)(H,46,47)/t25-/m0/s1. The van der Waals surface area contributed by atoms with Gasteiger partial charge in [0.1, 0.15) is 5.69 Å². The maximum atomic E-state index is 14.2. The van der Waals surface area contributed by atoms with Crippen molar-refractivity contribution in [3.63, 3.8) is 0 Å². The lowest BCUT2D eigenvalue weighted by atomic mass is 9.94. The molecule has 2 aliphatic rings. The summed E-state index contributed by atoms with van der Waals surface area (Å²) in [5.41, 5.74) is 4.19. The SMILES string of the molecule is COc1nc(-c2cccc(-c3cccc4c3CC[C@@H]4Nc3nc(OC)c(CNCC(=O)O)nc3C(F)(F)F)c2Cl)ccc1CN1CC(O)C1. The molecule has 258 valence electrons. The second-order valence-corrected chi connectivity index (χ2v) is 12.2. The summed E-state index contributed by atoms with van der Waals surface area (Å²) in [6.45, 7) is 1.05. The number of aliphatic carboxylic acids is 1. The number of rotatable bonds is 12. The number of likely N-dealkylation sites (tertiary alicyclic amines) is 1. The Morgan fingerprint density at radius 3 is 2.41 bits per heavy atom. The van der Waals surface area contributed by atoms with Crippen LogP contribution in [0.3, 0.4) is 0 Å². The minimum atomic E-state index is -4.84. The number of β-amino-alcohol motifs (C(OH)–C–C–N with tert-alkyl or cyclic N) is 1. The van der Waals surface area contributed by atoms with E-state index < -0.39 is 36.2 Å². The number of hydrogen-bond donors (Lipinski definition) is 4. The summed E-state index contributed by atoms with van der Waals surface area (Å²) in [4.78, 5) is 25.6. The first-order valence-corrected chi connectivity index (χ1v) is 15.9. The van der Waals surface area contributed by atoms with Gasteiger partial charge in [-0.2, -0.15) is 18.2 Å². The highest BCUT2D eigenvalue weighted by molar-refractivity contribution is 6.36. The van der Waals surface area contributed by atoms with Crippen molar-refractivity contribution in [1.82, 2.24) is 25.2 Å². The van der Waals surface area contributed by atoms with Crippen molar-refractivity contribution in [1.29, 1.82) is 0 Å². The molecule has 3 heterocycles. The fraction of sp³-hybridized carbons (Fsp3) is 0.353. The van der Waals surface area contributed by atoms with Crippen molar-refractivity contribution in [2.24, 2.45) is 0 Å². The Kier molecular flexibility index (Phi) is 9.93. The number of halogens is 4. The van der Waals surface area contributed by atoms with E-state index in [1.54, 1.807) is 7.11 Å². The number of benzene rings is 2. The number of aliphatic hydroxyl groups is 1. The van der Waals surface area contributed by atoms with Crippen LogP contribution in [0, 0.1) is 0 Å². The Morgan fingerprint density at radius 2 is 1.71 bits per heavy atom. The number of anilines is 1. The van der Waals surface area contributed by atoms with Gasteiger partial charge in [0.2, 0.25) is 11.8 Å². The summed E-state index contributed by atoms with van der Waals surface area (Å²) in [6, 6.07) is 14.6. The van der Waals surface area contributed by atoms with E-state index in [-0.39, 0.29) is 24.2 Å². The van der Waals surface area contributed by atoms with E-state index in [1.165, 1.54) is 7.11 Å². The molecule has 0 unspecified atom stereocenters. The highest BCUT2D eigenvalue weighted by atomic mass is 35.5. The first-order chi connectivity index (χ1) is 23.5. The van der Waals surface area contributed by atoms with Crippen LogP contribution in [-0.4, -0.2) is 76.0 Å². The fourth-order valence-corrected chi connectivity index (χ4v) is 6.63. The number of carboxylic acid groups (broad SMARTS) is 1. The average molecular weight is 699 g/mol. The summed E-state index contributed by atoms with van der Waals surface area (Å²) in [7, 11) is 2.82. The third-order valence-corrected chi connectivity index (χ3v) is 8.98. The highest BCUT2D eigenvalue weighted by Gasteiger charge is 2.39. The van der Waals surface area contributed by atoms with Crippen LogP contribution in [0.4, 0.5) is 19.0 Å². The minimum Gasteiger partial charge on any atom is -0.481 e. The molecule has 1 aliphatic heterocycles. The lowest BCUT2D eigenvalue weighted by Gasteiger charge is -2.35. The lowest BCUT2D eigenvalue weighted by Crippen LogP contribution is -2.49. The predicted octanol–water partition coefficient (Wildman–Crippen LogP) is 5.35. The van der Waals surface area contributed by atoms with Crippen LogP contribution in [-0.2, 0) is 30.5 Å². The smallest absolute Gasteiger partial charge is 0.437 e. The number of nitrogens with zero attached hydrogens (tertiary/aromatic N) is 4. The molecule has 4 N–H and O–H groups in total. The molecule has 1 fully saturated rings. The van der Waals surface area contributed by atoms with Gasteiger partial charge in [0.25, 0.3) is 0 Å². The number of pyridine rings is 1. The molecule has 4 aromatic rings. The van der Waals surface area contributed by atoms with Crippen molar-refractivity contribution >= 4 is 23.4 Å². The Balaban J connectivity index is 1.29. The number of aromatic nitrogens is 3. The quantitative estimate of drug-likeness (QED) is 0.152. The number of ether oxygens (including phenoxy) is 2. The molecular formula is C34H34ClF3N6O5. The van der Waals surface area contributed by atoms with E-state index in [2.05, 4.69) is 25.5 Å². The monoisotopic (exact) mass is 698 g/mol. The van der Waals surface area contributed by atoms with Gasteiger partial charge in [-0.25, -0.2) is 9.97 Å². The van der Waals surface area contributed by atoms with Crippen molar-refractivity contribution in [3.8, 4) is 34.1 Å². The van der Waals surface area contributed by atoms with Gasteiger partial charge < -0.3 is 30.3 Å². The zero-order valence-electron chi connectivity index (χ0n) is 26.6. The van der Waals surface area contributed by atoms with Gasteiger partial charge in [-0.05, 0) is 35.6 Å². The molecule has 6 rings (SSSR count). The lowest BCUT2D eigenvalue weighted by molar-refractivity contribution is -0.141. The highest BCUT2D eigenvalue weighted by Crippen LogP contribution is 2.44. The molecule has 0 radical (unpaired) electrons. The van der Waals surface area contributed by atoms with Crippen molar-refractivity contribution in [2.75, 3.05) is 39.2 Å². The largest absolute Gasteiger partial charge is 0.481 e. The van der Waals surface area contributed by atoms with Crippen molar-refractivity contribution in [3.05, 3.63) is 81.6 Å². The molecule has 1 atom stereocenters. The zero-order chi connectivity index (χ0) is 34.9. The predicted molar refractivity (Wildman–Crippen MR) is 176 cm³/mol. The van der Waals surface area contributed by atoms with Crippen LogP contribution < -0.4 is 20.1 Å². The van der Waals surface area contributed by atoms with Gasteiger partial charge in [-0.15, -0.1) is 0 Å². The topological polar surface area (TPSA) is 142 Å². The maximum absolute atomic E-state index is 14.2. The van der Waals surface area contributed by atoms with Crippen molar-refractivity contribution in [2.45, 2.75) is 44.3 Å². The minimum absolute atomic E-state index is 0.151. The molecule has 2 aromatic heterocycles. The van der Waals surface area contributed by atoms with Gasteiger partial charge in [0.05, 0.1) is 43.6 Å². The molecule has 1 saturated heterocycles. The third kappa shape index (κ3) is 7.27. The van der Waals surface area contributed by atoms with Crippen LogP contribution in [0.25, 0.3) is 22.4 Å². The molecule has 49 heavy (non-hydrogen) atoms. The van der Waals surface area contributed by atoms with Gasteiger partial charge >= 0.3 is 12.1 Å². The zero-order valence-corrected chi connectivity index (χ0v) is 27.4. The number of fused-ring (bicyclic) bond motifs is 1. The summed E-state index contributed by atoms with van der Waals surface area (Å²) in [6.07, 6.45) is -4.10. The molecule has 15 heteroatoms. The first-order valence-electron chi connectivity index (χ1n) is 15.5. The number of nitrogens with one attached hydrogen (secondary N) is 2. The van der Waals surface area contributed by atoms with E-state index >= 15 is 0 Å². The molecule has 0 spiro atoms. The van der Waals surface area contributed by atoms with Crippen molar-refractivity contribution < 1.29 is 37.7 Å². The van der Waals surface area contributed by atoms with Gasteiger partial charge in [0, 0.05) is 42.9 Å². The Morgan fingerprint density at radius 1 is 1.00 bits per heavy atom. The summed E-state index contributed by atoms with van der Waals surface area (Å²) in [5.74, 6) is -1.33. The number of aliphatic hydroxyl groups excluding tert-OH is 1. The van der Waals surface area contributed by atoms with Crippen LogP contribution in [0.15, 0.2) is 48.5 Å². The number of carbonyl (C=O) groups is 1. The second-order valence-electron chi connectivity index (χ2n) is 11.9. The second kappa shape index (κ2) is 14.2. The Bertz CT molecular complexity index is 1870. The summed E-state index contributed by atoms with van der Waals surface area (Å²) < 4.78 is 53.5. The maximum Gasteiger partial charge on any atom is 0.437 e. The molecule has 0 saturated carbocycles. The number of methoxy groups -OCH3 is 2. The van der Waals surface area contributed by atoms with Gasteiger partial charge in [0.15, 0.2) is 11.5 Å². The Hall–Kier alpha value is -4.50. The fourth-order valence-electron chi connectivity index (χ4n) is 6.31. The van der Waals surface area contributed by atoms with Crippen LogP contribution in [0.2, 0.25) is 5.02 Å². The number of hydrogen-bond acceptors (Lipinski definition) is 10. The first kappa shape index (κ1) is 34.4. The summed E-state index contributed by atoms with van der Waals surface area (Å²) in [5, 5.41) is 24.5. The van der Waals surface area contributed by atoms with E-state index in [0.717, 1.165) is 27.8 Å². The van der Waals surface area contributed by atoms with E-state index in [9.17, 15) is 23.1 Å². The van der Waals surface area contributed by atoms with Crippen LogP contribution >= 0.6 is 11.6 Å². The molecule has 0 amide bonds. The van der Waals surface area contributed by atoms with Crippen LogP contribution in [0.5, 0.6) is 11.8 Å². The normalized spacial score (nSPS) is 16.3. The molecule has 0 bridgehead atoms. The number of alkyl halides is 3. The van der Waals surface area contributed by atoms with Gasteiger partial charge in [-0.1, -0.05) is 54.1 Å². The third-order valence-electron chi connectivity index (χ3n) is 8.57. The Labute approximate surface area is 285 Å². The van der Waals surface area contributed by atoms with Crippen LogP contribution in [0.1, 0.15) is 40.5 Å². The van der Waals surface area contributed by atoms with E-state index in [1.807, 2.05) is 48.5 Å². The molecule has 11 nitrogen and oxygen atoms in total. The van der Waals surface area contributed by atoms with E-state index in [0.29, 0.717) is 54.6 Å². The van der Waals surface area contributed by atoms with E-state index in [4.69, 9.17) is 31.2 Å². The average Bonchev–Trinajstić information content (AvgIpc) is 3.47. The summed E-state index contributed by atoms with van der Waals surface area (Å²) >= 11 is 7.06. The molecule has 1 aliphatic carbocycles. The molecule has 2 aromatic carbocycles. The number of carboxylic acids is 1. The van der Waals surface area contributed by atoms with Gasteiger partial charge in [-0.3, -0.25) is 9.69 Å². The molecular weight excluding hydrogens is 665 g/mol.